The van der Waals surface area contributed by atoms with Gasteiger partial charge < -0.3 is 5.32 Å². The summed E-state index contributed by atoms with van der Waals surface area (Å²) >= 11 is 2.07. The minimum Gasteiger partial charge on any atom is -0.309 e. The largest absolute Gasteiger partial charge is 0.309 e. The smallest absolute Gasteiger partial charge is 0.0251 e. The van der Waals surface area contributed by atoms with Crippen LogP contribution in [0.25, 0.3) is 0 Å². The molecule has 1 saturated carbocycles. The van der Waals surface area contributed by atoms with Crippen LogP contribution in [0.4, 0.5) is 0 Å². The first kappa shape index (κ1) is 7.93. The molecule has 2 rings (SSSR count). The van der Waals surface area contributed by atoms with E-state index in [1.807, 2.05) is 0 Å². The summed E-state index contributed by atoms with van der Waals surface area (Å²) in [4.78, 5) is 0. The summed E-state index contributed by atoms with van der Waals surface area (Å²) in [6.07, 6.45) is 4.30. The van der Waals surface area contributed by atoms with Crippen LogP contribution in [-0.2, 0) is 0 Å². The molecule has 2 unspecified atom stereocenters. The Labute approximate surface area is 73.3 Å². The van der Waals surface area contributed by atoms with Crippen LogP contribution in [0, 0.1) is 5.92 Å². The van der Waals surface area contributed by atoms with Gasteiger partial charge >= 0.3 is 0 Å². The zero-order chi connectivity index (χ0) is 7.68. The predicted octanol–water partition coefficient (Wildman–Crippen LogP) is 1.88. The van der Waals surface area contributed by atoms with Crippen molar-refractivity contribution >= 4 is 11.8 Å². The first-order valence-corrected chi connectivity index (χ1v) is 5.85. The van der Waals surface area contributed by atoms with Crippen molar-refractivity contribution in [3.63, 3.8) is 0 Å². The molecule has 0 amide bonds. The summed E-state index contributed by atoms with van der Waals surface area (Å²) in [5.74, 6) is 3.63. The zero-order valence-corrected chi connectivity index (χ0v) is 7.99. The third-order valence-corrected chi connectivity index (χ3v) is 4.23. The third kappa shape index (κ3) is 1.73. The van der Waals surface area contributed by atoms with Gasteiger partial charge in [0.05, 0.1) is 0 Å². The summed E-state index contributed by atoms with van der Waals surface area (Å²) in [6.45, 7) is 2.39. The second-order valence-electron chi connectivity index (χ2n) is 3.92. The number of nitrogens with one attached hydrogen (secondary N) is 1. The van der Waals surface area contributed by atoms with E-state index in [-0.39, 0.29) is 0 Å². The van der Waals surface area contributed by atoms with Crippen molar-refractivity contribution in [2.45, 2.75) is 38.3 Å². The normalized spacial score (nSPS) is 39.0. The minimum absolute atomic E-state index is 0.848. The second-order valence-corrected chi connectivity index (χ2v) is 4.99. The number of hydrogen-bond acceptors (Lipinski definition) is 2. The monoisotopic (exact) mass is 171 g/mol. The van der Waals surface area contributed by atoms with Crippen LogP contribution >= 0.6 is 11.8 Å². The fourth-order valence-corrected chi connectivity index (χ4v) is 2.69. The van der Waals surface area contributed by atoms with Crippen molar-refractivity contribution in [1.29, 1.82) is 0 Å². The third-order valence-electron chi connectivity index (χ3n) is 2.95. The van der Waals surface area contributed by atoms with Gasteiger partial charge in [-0.2, -0.15) is 11.8 Å². The molecule has 0 spiro atoms. The molecule has 2 heteroatoms. The Morgan fingerprint density at radius 3 is 2.55 bits per heavy atom. The average Bonchev–Trinajstić information content (AvgIpc) is 2.27. The van der Waals surface area contributed by atoms with Crippen LogP contribution in [-0.4, -0.2) is 23.6 Å². The first-order chi connectivity index (χ1) is 5.36. The van der Waals surface area contributed by atoms with Crippen molar-refractivity contribution in [3.05, 3.63) is 0 Å². The highest BCUT2D eigenvalue weighted by molar-refractivity contribution is 8.00. The van der Waals surface area contributed by atoms with E-state index in [1.165, 1.54) is 30.8 Å². The van der Waals surface area contributed by atoms with Gasteiger partial charge in [-0.1, -0.05) is 13.3 Å². The van der Waals surface area contributed by atoms with Crippen molar-refractivity contribution in [2.24, 2.45) is 5.92 Å². The van der Waals surface area contributed by atoms with Crippen LogP contribution < -0.4 is 5.32 Å². The van der Waals surface area contributed by atoms with Crippen LogP contribution in [0.2, 0.25) is 0 Å². The van der Waals surface area contributed by atoms with E-state index in [0.717, 1.165) is 18.0 Å². The average molecular weight is 171 g/mol. The molecule has 0 aromatic rings. The maximum atomic E-state index is 3.74. The van der Waals surface area contributed by atoms with E-state index in [0.29, 0.717) is 0 Å². The lowest BCUT2D eigenvalue weighted by Gasteiger charge is -2.31. The number of hydrogen-bond donors (Lipinski definition) is 1. The van der Waals surface area contributed by atoms with E-state index in [4.69, 9.17) is 0 Å². The van der Waals surface area contributed by atoms with Gasteiger partial charge in [0.15, 0.2) is 0 Å². The highest BCUT2D eigenvalue weighted by Crippen LogP contribution is 2.27. The van der Waals surface area contributed by atoms with Gasteiger partial charge in [-0.3, -0.25) is 0 Å². The van der Waals surface area contributed by atoms with Gasteiger partial charge in [-0.15, -0.1) is 0 Å². The lowest BCUT2D eigenvalue weighted by molar-refractivity contribution is 0.394. The Bertz CT molecular complexity index is 134. The number of rotatable bonds is 2. The van der Waals surface area contributed by atoms with Gasteiger partial charge in [0.1, 0.15) is 0 Å². The van der Waals surface area contributed by atoms with E-state index < -0.39 is 0 Å². The standard InChI is InChI=1S/C9H17NS/c1-7-3-2-4-9(7)10-8-5-11-6-8/h7-10H,2-6H2,1H3. The minimum atomic E-state index is 0.848. The molecule has 1 heterocycles. The van der Waals surface area contributed by atoms with Crippen LogP contribution in [0.3, 0.4) is 0 Å². The Hall–Kier alpha value is 0.310. The van der Waals surface area contributed by atoms with Crippen molar-refractivity contribution in [1.82, 2.24) is 5.32 Å². The molecular formula is C9H17NS. The molecule has 11 heavy (non-hydrogen) atoms. The molecule has 1 N–H and O–H groups in total. The molecule has 0 radical (unpaired) electrons. The van der Waals surface area contributed by atoms with Gasteiger partial charge in [0, 0.05) is 23.6 Å². The Morgan fingerprint density at radius 1 is 1.27 bits per heavy atom. The summed E-state index contributed by atoms with van der Waals surface area (Å²) in [5, 5.41) is 3.74. The fraction of sp³-hybridized carbons (Fsp3) is 1.00. The molecular weight excluding hydrogens is 154 g/mol. The van der Waals surface area contributed by atoms with Crippen molar-refractivity contribution < 1.29 is 0 Å². The van der Waals surface area contributed by atoms with Gasteiger partial charge in [-0.05, 0) is 18.8 Å². The maximum Gasteiger partial charge on any atom is 0.0251 e. The summed E-state index contributed by atoms with van der Waals surface area (Å²) in [6, 6.07) is 1.70. The highest BCUT2D eigenvalue weighted by Gasteiger charge is 2.27. The van der Waals surface area contributed by atoms with E-state index in [9.17, 15) is 0 Å². The van der Waals surface area contributed by atoms with Crippen LogP contribution in [0.15, 0.2) is 0 Å². The molecule has 2 atom stereocenters. The Balaban J connectivity index is 1.75. The summed E-state index contributed by atoms with van der Waals surface area (Å²) in [7, 11) is 0. The van der Waals surface area contributed by atoms with Gasteiger partial charge in [0.25, 0.3) is 0 Å². The lowest BCUT2D eigenvalue weighted by Crippen LogP contribution is -2.47. The molecule has 2 fully saturated rings. The molecule has 1 aliphatic carbocycles. The molecule has 0 aromatic heterocycles. The Kier molecular flexibility index (Phi) is 2.42. The first-order valence-electron chi connectivity index (χ1n) is 4.70. The molecule has 0 bridgehead atoms. The second kappa shape index (κ2) is 3.36. The van der Waals surface area contributed by atoms with Crippen molar-refractivity contribution in [2.75, 3.05) is 11.5 Å². The predicted molar refractivity (Wildman–Crippen MR) is 51.1 cm³/mol. The van der Waals surface area contributed by atoms with Crippen LogP contribution in [0.1, 0.15) is 26.2 Å². The molecule has 0 aromatic carbocycles. The topological polar surface area (TPSA) is 12.0 Å². The number of thioether (sulfide) groups is 1. The molecule has 1 saturated heterocycles. The quantitative estimate of drug-likeness (QED) is 0.681. The molecule has 2 aliphatic rings. The van der Waals surface area contributed by atoms with Crippen LogP contribution in [0.5, 0.6) is 0 Å². The molecule has 64 valence electrons. The Morgan fingerprint density at radius 2 is 2.09 bits per heavy atom. The fourth-order valence-electron chi connectivity index (χ4n) is 2.03. The lowest BCUT2D eigenvalue weighted by atomic mass is 10.1. The van der Waals surface area contributed by atoms with Crippen molar-refractivity contribution in [3.8, 4) is 0 Å². The highest BCUT2D eigenvalue weighted by atomic mass is 32.2. The SMILES string of the molecule is CC1CCCC1NC1CSC1. The summed E-state index contributed by atoms with van der Waals surface area (Å²) in [5.41, 5.74) is 0. The zero-order valence-electron chi connectivity index (χ0n) is 7.18. The van der Waals surface area contributed by atoms with Gasteiger partial charge in [-0.25, -0.2) is 0 Å². The molecule has 1 nitrogen and oxygen atoms in total. The van der Waals surface area contributed by atoms with E-state index in [2.05, 4.69) is 24.0 Å². The maximum absolute atomic E-state index is 3.74. The summed E-state index contributed by atoms with van der Waals surface area (Å²) < 4.78 is 0. The van der Waals surface area contributed by atoms with E-state index >= 15 is 0 Å². The van der Waals surface area contributed by atoms with E-state index in [1.54, 1.807) is 0 Å². The molecule has 1 aliphatic heterocycles. The van der Waals surface area contributed by atoms with Gasteiger partial charge in [0.2, 0.25) is 0 Å².